The monoisotopic (exact) mass is 471 g/mol. The molecular formula is C19H22BrNO6S. The average molecular weight is 472 g/mol. The molecule has 0 unspecified atom stereocenters. The molecule has 0 aliphatic carbocycles. The summed E-state index contributed by atoms with van der Waals surface area (Å²) in [5, 5.41) is -0.499. The minimum absolute atomic E-state index is 0.226. The Labute approximate surface area is 176 Å². The molecule has 0 bridgehead atoms. The van der Waals surface area contributed by atoms with Crippen LogP contribution < -0.4 is 9.47 Å². The summed E-state index contributed by atoms with van der Waals surface area (Å²) in [6.07, 6.45) is 3.21. The van der Waals surface area contributed by atoms with Crippen LogP contribution in [-0.2, 0) is 14.3 Å². The number of hydrogen-bond donors (Lipinski definition) is 0. The Morgan fingerprint density at radius 1 is 1.29 bits per heavy atom. The number of ether oxygens (including phenoxy) is 3. The van der Waals surface area contributed by atoms with Crippen LogP contribution in [-0.4, -0.2) is 48.9 Å². The maximum Gasteiger partial charge on any atom is 0.326 e. The van der Waals surface area contributed by atoms with Crippen LogP contribution in [0.25, 0.3) is 6.08 Å². The van der Waals surface area contributed by atoms with E-state index in [9.17, 15) is 14.4 Å². The maximum absolute atomic E-state index is 12.5. The zero-order chi connectivity index (χ0) is 20.7. The third kappa shape index (κ3) is 5.51. The Balaban J connectivity index is 2.17. The first kappa shape index (κ1) is 22.3. The Kier molecular flexibility index (Phi) is 8.37. The second kappa shape index (κ2) is 10.5. The quantitative estimate of drug-likeness (QED) is 0.302. The van der Waals surface area contributed by atoms with Crippen LogP contribution >= 0.6 is 27.7 Å². The summed E-state index contributed by atoms with van der Waals surface area (Å²) in [7, 11) is 1.52. The second-order valence-electron chi connectivity index (χ2n) is 5.81. The van der Waals surface area contributed by atoms with E-state index in [1.54, 1.807) is 18.2 Å². The summed E-state index contributed by atoms with van der Waals surface area (Å²) in [5.74, 6) is -0.0554. The van der Waals surface area contributed by atoms with Gasteiger partial charge in [0.05, 0.1) is 29.7 Å². The summed E-state index contributed by atoms with van der Waals surface area (Å²) < 4.78 is 16.6. The lowest BCUT2D eigenvalue weighted by Crippen LogP contribution is -2.34. The van der Waals surface area contributed by atoms with E-state index in [0.717, 1.165) is 29.5 Å². The molecule has 0 atom stereocenters. The number of methoxy groups -OCH3 is 1. The van der Waals surface area contributed by atoms with E-state index in [1.165, 1.54) is 7.11 Å². The zero-order valence-electron chi connectivity index (χ0n) is 16.0. The molecule has 1 aliphatic heterocycles. The van der Waals surface area contributed by atoms with Gasteiger partial charge in [0.1, 0.15) is 6.54 Å². The summed E-state index contributed by atoms with van der Waals surface area (Å²) in [5.41, 5.74) is 0.656. The first-order chi connectivity index (χ1) is 13.4. The minimum atomic E-state index is -0.595. The van der Waals surface area contributed by atoms with Gasteiger partial charge in [-0.3, -0.25) is 19.3 Å². The van der Waals surface area contributed by atoms with Gasteiger partial charge in [-0.2, -0.15) is 0 Å². The van der Waals surface area contributed by atoms with E-state index in [0.29, 0.717) is 28.1 Å². The molecule has 1 aliphatic rings. The van der Waals surface area contributed by atoms with Crippen LogP contribution in [0.15, 0.2) is 21.5 Å². The van der Waals surface area contributed by atoms with Crippen molar-refractivity contribution in [1.29, 1.82) is 0 Å². The van der Waals surface area contributed by atoms with Gasteiger partial charge in [-0.15, -0.1) is 0 Å². The van der Waals surface area contributed by atoms with E-state index in [-0.39, 0.29) is 18.1 Å². The molecule has 2 amide bonds. The Hall–Kier alpha value is -2.00. The van der Waals surface area contributed by atoms with Crippen molar-refractivity contribution in [3.05, 3.63) is 27.1 Å². The number of esters is 1. The van der Waals surface area contributed by atoms with Crippen molar-refractivity contribution in [3.8, 4) is 11.5 Å². The van der Waals surface area contributed by atoms with E-state index in [2.05, 4.69) is 15.9 Å². The molecule has 9 heteroatoms. The van der Waals surface area contributed by atoms with Crippen molar-refractivity contribution in [1.82, 2.24) is 4.90 Å². The normalized spacial score (nSPS) is 15.3. The lowest BCUT2D eigenvalue weighted by Gasteiger charge is -2.12. The summed E-state index contributed by atoms with van der Waals surface area (Å²) in [6, 6.07) is 3.48. The smallest absolute Gasteiger partial charge is 0.326 e. The molecule has 28 heavy (non-hydrogen) atoms. The molecule has 7 nitrogen and oxygen atoms in total. The first-order valence-electron chi connectivity index (χ1n) is 8.82. The van der Waals surface area contributed by atoms with Crippen LogP contribution in [0.4, 0.5) is 4.79 Å². The van der Waals surface area contributed by atoms with Gasteiger partial charge in [-0.05, 0) is 64.8 Å². The third-order valence-electron chi connectivity index (χ3n) is 3.76. The molecule has 0 saturated carbocycles. The number of amides is 2. The van der Waals surface area contributed by atoms with E-state index in [1.807, 2.05) is 13.8 Å². The molecule has 2 rings (SSSR count). The van der Waals surface area contributed by atoms with E-state index >= 15 is 0 Å². The van der Waals surface area contributed by atoms with Crippen molar-refractivity contribution in [3.63, 3.8) is 0 Å². The van der Waals surface area contributed by atoms with Crippen LogP contribution in [0.2, 0.25) is 0 Å². The molecule has 0 spiro atoms. The zero-order valence-corrected chi connectivity index (χ0v) is 18.4. The minimum Gasteiger partial charge on any atom is -0.493 e. The molecule has 1 fully saturated rings. The SMILES string of the molecule is CCCCOC(=O)CN1C(=O)S/C(=C/c2cc(Br)c(OCC)c(OC)c2)C1=O. The van der Waals surface area contributed by atoms with Crippen LogP contribution in [0.5, 0.6) is 11.5 Å². The fourth-order valence-electron chi connectivity index (χ4n) is 2.40. The van der Waals surface area contributed by atoms with Crippen molar-refractivity contribution in [2.75, 3.05) is 26.9 Å². The lowest BCUT2D eigenvalue weighted by atomic mass is 10.2. The Bertz CT molecular complexity index is 795. The highest BCUT2D eigenvalue weighted by Gasteiger charge is 2.36. The molecule has 0 N–H and O–H groups in total. The highest BCUT2D eigenvalue weighted by atomic mass is 79.9. The third-order valence-corrected chi connectivity index (χ3v) is 5.26. The summed E-state index contributed by atoms with van der Waals surface area (Å²) in [4.78, 5) is 37.6. The fourth-order valence-corrected chi connectivity index (χ4v) is 3.81. The number of carbonyl (C=O) groups excluding carboxylic acids is 3. The predicted molar refractivity (Wildman–Crippen MR) is 110 cm³/mol. The average Bonchev–Trinajstić information content (AvgIpc) is 2.91. The number of unbranched alkanes of at least 4 members (excludes halogenated alkanes) is 1. The van der Waals surface area contributed by atoms with Crippen LogP contribution in [0.3, 0.4) is 0 Å². The summed E-state index contributed by atoms with van der Waals surface area (Å²) in [6.45, 7) is 4.21. The number of nitrogens with zero attached hydrogens (tertiary/aromatic N) is 1. The van der Waals surface area contributed by atoms with Gasteiger partial charge in [0.25, 0.3) is 11.1 Å². The molecule has 0 aromatic heterocycles. The number of benzene rings is 1. The highest BCUT2D eigenvalue weighted by Crippen LogP contribution is 2.39. The molecule has 152 valence electrons. The molecule has 0 radical (unpaired) electrons. The molecule has 1 heterocycles. The number of imide groups is 1. The molecule has 1 aromatic carbocycles. The van der Waals surface area contributed by atoms with Crippen molar-refractivity contribution >= 4 is 50.9 Å². The number of rotatable bonds is 9. The molecular weight excluding hydrogens is 450 g/mol. The number of hydrogen-bond acceptors (Lipinski definition) is 7. The number of halogens is 1. The van der Waals surface area contributed by atoms with Crippen molar-refractivity contribution < 1.29 is 28.6 Å². The van der Waals surface area contributed by atoms with Gasteiger partial charge in [-0.25, -0.2) is 0 Å². The largest absolute Gasteiger partial charge is 0.493 e. The van der Waals surface area contributed by atoms with Crippen molar-refractivity contribution in [2.24, 2.45) is 0 Å². The molecule has 1 aromatic rings. The highest BCUT2D eigenvalue weighted by molar-refractivity contribution is 9.10. The maximum atomic E-state index is 12.5. The van der Waals surface area contributed by atoms with Gasteiger partial charge in [0, 0.05) is 0 Å². The Morgan fingerprint density at radius 3 is 2.68 bits per heavy atom. The van der Waals surface area contributed by atoms with Gasteiger partial charge in [0.15, 0.2) is 11.5 Å². The van der Waals surface area contributed by atoms with E-state index < -0.39 is 17.1 Å². The summed E-state index contributed by atoms with van der Waals surface area (Å²) >= 11 is 4.21. The van der Waals surface area contributed by atoms with Gasteiger partial charge >= 0.3 is 5.97 Å². The van der Waals surface area contributed by atoms with Crippen LogP contribution in [0, 0.1) is 0 Å². The first-order valence-corrected chi connectivity index (χ1v) is 10.4. The van der Waals surface area contributed by atoms with Gasteiger partial charge in [0.2, 0.25) is 0 Å². The fraction of sp³-hybridized carbons (Fsp3) is 0.421. The lowest BCUT2D eigenvalue weighted by molar-refractivity contribution is -0.146. The topological polar surface area (TPSA) is 82.1 Å². The second-order valence-corrected chi connectivity index (χ2v) is 7.66. The van der Waals surface area contributed by atoms with E-state index in [4.69, 9.17) is 14.2 Å². The van der Waals surface area contributed by atoms with Gasteiger partial charge < -0.3 is 14.2 Å². The van der Waals surface area contributed by atoms with Gasteiger partial charge in [-0.1, -0.05) is 13.3 Å². The molecule has 1 saturated heterocycles. The predicted octanol–water partition coefficient (Wildman–Crippen LogP) is 4.24. The number of thioether (sulfide) groups is 1. The number of carbonyl (C=O) groups is 3. The Morgan fingerprint density at radius 2 is 2.04 bits per heavy atom. The standard InChI is InChI=1S/C19H22BrNO6S/c1-4-6-7-27-16(22)11-21-18(23)15(28-19(21)24)10-12-8-13(20)17(26-5-2)14(9-12)25-3/h8-10H,4-7,11H2,1-3H3/b15-10+. The van der Waals surface area contributed by atoms with Crippen LogP contribution in [0.1, 0.15) is 32.3 Å². The van der Waals surface area contributed by atoms with Crippen molar-refractivity contribution in [2.45, 2.75) is 26.7 Å².